The molecule has 35 heavy (non-hydrogen) atoms. The second kappa shape index (κ2) is 9.60. The summed E-state index contributed by atoms with van der Waals surface area (Å²) < 4.78 is 30.5. The molecule has 2 aromatic carbocycles. The SMILES string of the molecule is CCC(C)N1CCN(S(=O)c2cnn(C)n2)CC1c1cc2cnn(-c3ccc(F)cc3)c2cc1C. The van der Waals surface area contributed by atoms with E-state index in [4.69, 9.17) is 0 Å². The molecule has 4 aromatic rings. The van der Waals surface area contributed by atoms with Crippen LogP contribution in [0.2, 0.25) is 0 Å². The largest absolute Gasteiger partial charge is 0.291 e. The number of rotatable bonds is 6. The molecule has 0 amide bonds. The monoisotopic (exact) mass is 495 g/mol. The van der Waals surface area contributed by atoms with Crippen molar-refractivity contribution < 1.29 is 8.60 Å². The van der Waals surface area contributed by atoms with Crippen molar-refractivity contribution >= 4 is 21.9 Å². The summed E-state index contributed by atoms with van der Waals surface area (Å²) in [6.07, 6.45) is 4.47. The van der Waals surface area contributed by atoms with Crippen LogP contribution in [-0.4, -0.2) is 63.9 Å². The Morgan fingerprint density at radius 2 is 1.91 bits per heavy atom. The average Bonchev–Trinajstić information content (AvgIpc) is 3.48. The summed E-state index contributed by atoms with van der Waals surface area (Å²) in [5, 5.41) is 14.4. The van der Waals surface area contributed by atoms with E-state index in [9.17, 15) is 8.60 Å². The van der Waals surface area contributed by atoms with Gasteiger partial charge < -0.3 is 0 Å². The highest BCUT2D eigenvalue weighted by Crippen LogP contribution is 2.34. The zero-order valence-corrected chi connectivity index (χ0v) is 21.2. The highest BCUT2D eigenvalue weighted by molar-refractivity contribution is 7.82. The Bertz CT molecular complexity index is 1370. The molecular formula is C25H30FN7OS. The summed E-state index contributed by atoms with van der Waals surface area (Å²) in [6, 6.07) is 11.2. The lowest BCUT2D eigenvalue weighted by Gasteiger charge is -2.44. The Morgan fingerprint density at radius 3 is 2.60 bits per heavy atom. The minimum Gasteiger partial charge on any atom is -0.291 e. The molecule has 8 nitrogen and oxygen atoms in total. The van der Waals surface area contributed by atoms with Crippen LogP contribution in [0.5, 0.6) is 0 Å². The number of benzene rings is 2. The Hall–Kier alpha value is -2.95. The second-order valence-electron chi connectivity index (χ2n) is 9.12. The lowest BCUT2D eigenvalue weighted by Crippen LogP contribution is -2.51. The first-order valence-electron chi connectivity index (χ1n) is 11.9. The van der Waals surface area contributed by atoms with Crippen molar-refractivity contribution in [3.05, 3.63) is 65.7 Å². The van der Waals surface area contributed by atoms with Gasteiger partial charge >= 0.3 is 0 Å². The van der Waals surface area contributed by atoms with Crippen LogP contribution < -0.4 is 0 Å². The first-order chi connectivity index (χ1) is 16.9. The Labute approximate surface area is 206 Å². The molecule has 3 heterocycles. The zero-order chi connectivity index (χ0) is 24.7. The molecule has 0 radical (unpaired) electrons. The molecule has 1 aliphatic heterocycles. The first-order valence-corrected chi connectivity index (χ1v) is 13.0. The fraction of sp³-hybridized carbons (Fsp3) is 0.400. The van der Waals surface area contributed by atoms with Crippen LogP contribution in [-0.2, 0) is 18.0 Å². The van der Waals surface area contributed by atoms with E-state index in [-0.39, 0.29) is 11.9 Å². The molecule has 0 N–H and O–H groups in total. The summed E-state index contributed by atoms with van der Waals surface area (Å²) in [4.78, 5) is 3.96. The number of halogens is 1. The van der Waals surface area contributed by atoms with Gasteiger partial charge in [0.15, 0.2) is 5.03 Å². The standard InChI is InChI=1S/C25H30FN7OS/c1-5-18(3)32-11-10-31(35(34)25-15-27-30(4)29-25)16-24(32)22-13-19-14-28-33(23(19)12-17(22)2)21-8-6-20(26)7-9-21/h6-9,12-15,18,24H,5,10-11,16H2,1-4H3. The molecule has 1 fully saturated rings. The summed E-state index contributed by atoms with van der Waals surface area (Å²) >= 11 is 0. The first kappa shape index (κ1) is 23.8. The topological polar surface area (TPSA) is 72.1 Å². The number of hydrogen-bond acceptors (Lipinski definition) is 5. The third-order valence-corrected chi connectivity index (χ3v) is 8.27. The van der Waals surface area contributed by atoms with Crippen molar-refractivity contribution in [3.8, 4) is 5.69 Å². The molecule has 10 heteroatoms. The van der Waals surface area contributed by atoms with Gasteiger partial charge in [0, 0.05) is 44.2 Å². The van der Waals surface area contributed by atoms with Gasteiger partial charge in [-0.05, 0) is 67.8 Å². The van der Waals surface area contributed by atoms with Gasteiger partial charge in [-0.2, -0.15) is 15.0 Å². The van der Waals surface area contributed by atoms with Gasteiger partial charge in [0.2, 0.25) is 0 Å². The molecule has 5 rings (SSSR count). The van der Waals surface area contributed by atoms with Crippen LogP contribution in [0.1, 0.15) is 37.4 Å². The number of piperazine rings is 1. The Kier molecular flexibility index (Phi) is 6.52. The molecular weight excluding hydrogens is 465 g/mol. The second-order valence-corrected chi connectivity index (χ2v) is 10.6. The Balaban J connectivity index is 1.51. The van der Waals surface area contributed by atoms with Gasteiger partial charge in [0.1, 0.15) is 16.8 Å². The molecule has 0 bridgehead atoms. The number of aromatic nitrogens is 5. The summed E-state index contributed by atoms with van der Waals surface area (Å²) in [5.74, 6) is -0.269. The minimum atomic E-state index is -1.36. The highest BCUT2D eigenvalue weighted by atomic mass is 32.2. The van der Waals surface area contributed by atoms with Crippen molar-refractivity contribution in [2.24, 2.45) is 7.05 Å². The van der Waals surface area contributed by atoms with Crippen LogP contribution >= 0.6 is 0 Å². The van der Waals surface area contributed by atoms with E-state index in [0.717, 1.165) is 35.1 Å². The van der Waals surface area contributed by atoms with Crippen LogP contribution in [0.3, 0.4) is 0 Å². The molecule has 0 spiro atoms. The summed E-state index contributed by atoms with van der Waals surface area (Å²) in [7, 11) is 0.366. The van der Waals surface area contributed by atoms with E-state index >= 15 is 0 Å². The minimum absolute atomic E-state index is 0.0814. The third kappa shape index (κ3) is 4.53. The number of aryl methyl sites for hydroxylation is 2. The fourth-order valence-electron chi connectivity index (χ4n) is 4.84. The summed E-state index contributed by atoms with van der Waals surface area (Å²) in [5.41, 5.74) is 4.14. The van der Waals surface area contributed by atoms with Gasteiger partial charge in [-0.15, -0.1) is 5.10 Å². The molecule has 184 valence electrons. The predicted octanol–water partition coefficient (Wildman–Crippen LogP) is 3.78. The van der Waals surface area contributed by atoms with Crippen molar-refractivity contribution in [3.63, 3.8) is 0 Å². The highest BCUT2D eigenvalue weighted by Gasteiger charge is 2.35. The predicted molar refractivity (Wildman–Crippen MR) is 134 cm³/mol. The molecule has 3 unspecified atom stereocenters. The lowest BCUT2D eigenvalue weighted by atomic mass is 9.95. The van der Waals surface area contributed by atoms with Crippen LogP contribution in [0.25, 0.3) is 16.6 Å². The van der Waals surface area contributed by atoms with Crippen LogP contribution in [0.4, 0.5) is 4.39 Å². The van der Waals surface area contributed by atoms with E-state index in [0.29, 0.717) is 24.2 Å². The average molecular weight is 496 g/mol. The molecule has 0 aliphatic carbocycles. The molecule has 1 saturated heterocycles. The van der Waals surface area contributed by atoms with Gasteiger partial charge in [0.05, 0.1) is 23.6 Å². The van der Waals surface area contributed by atoms with Crippen LogP contribution in [0.15, 0.2) is 53.8 Å². The van der Waals surface area contributed by atoms with Gasteiger partial charge in [-0.1, -0.05) is 6.92 Å². The van der Waals surface area contributed by atoms with E-state index in [2.05, 4.69) is 53.1 Å². The maximum Gasteiger partial charge on any atom is 0.185 e. The maximum atomic E-state index is 13.4. The van der Waals surface area contributed by atoms with Crippen molar-refractivity contribution in [1.29, 1.82) is 0 Å². The maximum absolute atomic E-state index is 13.4. The van der Waals surface area contributed by atoms with Crippen molar-refractivity contribution in [2.75, 3.05) is 19.6 Å². The molecule has 0 saturated carbocycles. The third-order valence-electron chi connectivity index (χ3n) is 6.92. The number of hydrogen-bond donors (Lipinski definition) is 0. The molecule has 1 aliphatic rings. The van der Waals surface area contributed by atoms with Crippen molar-refractivity contribution in [1.82, 2.24) is 34.0 Å². The number of fused-ring (bicyclic) bond motifs is 1. The summed E-state index contributed by atoms with van der Waals surface area (Å²) in [6.45, 7) is 8.72. The van der Waals surface area contributed by atoms with Crippen molar-refractivity contribution in [2.45, 2.75) is 44.3 Å². The quantitative estimate of drug-likeness (QED) is 0.407. The molecule has 2 aromatic heterocycles. The van der Waals surface area contributed by atoms with E-state index in [1.165, 1.54) is 22.5 Å². The Morgan fingerprint density at radius 1 is 1.14 bits per heavy atom. The molecule has 3 atom stereocenters. The van der Waals surface area contributed by atoms with Gasteiger partial charge in [-0.3, -0.25) is 4.90 Å². The van der Waals surface area contributed by atoms with E-state index in [1.807, 2.05) is 15.2 Å². The number of nitrogens with zero attached hydrogens (tertiary/aromatic N) is 7. The fourth-order valence-corrected chi connectivity index (χ4v) is 5.96. The van der Waals surface area contributed by atoms with Gasteiger partial charge in [0.25, 0.3) is 0 Å². The van der Waals surface area contributed by atoms with E-state index in [1.54, 1.807) is 25.4 Å². The van der Waals surface area contributed by atoms with E-state index < -0.39 is 11.0 Å². The van der Waals surface area contributed by atoms with Crippen LogP contribution in [0, 0.1) is 12.7 Å². The zero-order valence-electron chi connectivity index (χ0n) is 20.4. The smallest absolute Gasteiger partial charge is 0.185 e. The van der Waals surface area contributed by atoms with Gasteiger partial charge in [-0.25, -0.2) is 17.6 Å². The normalized spacial score (nSPS) is 19.3. The lowest BCUT2D eigenvalue weighted by molar-refractivity contribution is 0.0799.